The Morgan fingerprint density at radius 2 is 2.19 bits per heavy atom. The van der Waals surface area contributed by atoms with Crippen LogP contribution in [0.3, 0.4) is 0 Å². The second-order valence-corrected chi connectivity index (χ2v) is 6.35. The monoisotopic (exact) mass is 410 g/mol. The van der Waals surface area contributed by atoms with Crippen molar-refractivity contribution in [2.75, 3.05) is 7.11 Å². The number of halogens is 1. The van der Waals surface area contributed by atoms with E-state index < -0.39 is 0 Å². The number of para-hydroxylation sites is 1. The predicted molar refractivity (Wildman–Crippen MR) is 103 cm³/mol. The van der Waals surface area contributed by atoms with Crippen LogP contribution in [0.15, 0.2) is 58.2 Å². The lowest BCUT2D eigenvalue weighted by Crippen LogP contribution is -2.18. The lowest BCUT2D eigenvalue weighted by atomic mass is 10.2. The van der Waals surface area contributed by atoms with Crippen LogP contribution >= 0.6 is 15.9 Å². The molecule has 0 aliphatic rings. The predicted octanol–water partition coefficient (Wildman–Crippen LogP) is 3.70. The van der Waals surface area contributed by atoms with Crippen LogP contribution in [-0.2, 0) is 6.54 Å². The molecule has 7 heteroatoms. The summed E-state index contributed by atoms with van der Waals surface area (Å²) in [6, 6.07) is 15.0. The van der Waals surface area contributed by atoms with Crippen molar-refractivity contribution in [3.8, 4) is 11.8 Å². The van der Waals surface area contributed by atoms with Gasteiger partial charge < -0.3 is 9.30 Å². The molecule has 6 nitrogen and oxygen atoms in total. The van der Waals surface area contributed by atoms with Gasteiger partial charge in [0.25, 0.3) is 5.91 Å². The Morgan fingerprint density at radius 1 is 1.38 bits per heavy atom. The summed E-state index contributed by atoms with van der Waals surface area (Å²) in [6.45, 7) is 0.246. The van der Waals surface area contributed by atoms with Crippen molar-refractivity contribution in [1.82, 2.24) is 9.99 Å². The molecule has 26 heavy (non-hydrogen) atoms. The van der Waals surface area contributed by atoms with Gasteiger partial charge in [0.05, 0.1) is 25.0 Å². The van der Waals surface area contributed by atoms with Crippen molar-refractivity contribution in [1.29, 1.82) is 5.26 Å². The van der Waals surface area contributed by atoms with Crippen LogP contribution in [0.2, 0.25) is 0 Å². The molecule has 1 N–H and O–H groups in total. The molecule has 0 aliphatic carbocycles. The number of carbonyl (C=O) groups excluding carboxylic acids is 1. The fourth-order valence-electron chi connectivity index (χ4n) is 2.66. The van der Waals surface area contributed by atoms with Gasteiger partial charge in [0.1, 0.15) is 12.3 Å². The van der Waals surface area contributed by atoms with Gasteiger partial charge in [-0.05, 0) is 24.3 Å². The molecule has 0 spiro atoms. The van der Waals surface area contributed by atoms with Crippen LogP contribution in [0.4, 0.5) is 0 Å². The first-order valence-electron chi connectivity index (χ1n) is 7.76. The third-order valence-electron chi connectivity index (χ3n) is 3.84. The SMILES string of the molecule is COc1ccc(Br)cc1C(=O)NN=Cc1cn(CC#N)c2ccccc12. The van der Waals surface area contributed by atoms with E-state index in [0.717, 1.165) is 20.9 Å². The summed E-state index contributed by atoms with van der Waals surface area (Å²) in [5, 5.41) is 14.0. The molecule has 2 aromatic carbocycles. The molecule has 0 unspecified atom stereocenters. The van der Waals surface area contributed by atoms with Crippen molar-refractivity contribution in [3.05, 3.63) is 64.3 Å². The van der Waals surface area contributed by atoms with Crippen molar-refractivity contribution < 1.29 is 9.53 Å². The second kappa shape index (κ2) is 7.85. The minimum atomic E-state index is -0.375. The summed E-state index contributed by atoms with van der Waals surface area (Å²) in [4.78, 5) is 12.4. The first kappa shape index (κ1) is 17.7. The zero-order chi connectivity index (χ0) is 18.5. The molecule has 0 bridgehead atoms. The summed E-state index contributed by atoms with van der Waals surface area (Å²) < 4.78 is 7.82. The van der Waals surface area contributed by atoms with E-state index in [1.807, 2.05) is 35.0 Å². The van der Waals surface area contributed by atoms with Gasteiger partial charge in [-0.15, -0.1) is 0 Å². The van der Waals surface area contributed by atoms with Crippen LogP contribution in [0.5, 0.6) is 5.75 Å². The fraction of sp³-hybridized carbons (Fsp3) is 0.105. The minimum absolute atomic E-state index is 0.246. The molecule has 1 amide bonds. The second-order valence-electron chi connectivity index (χ2n) is 5.43. The van der Waals surface area contributed by atoms with Gasteiger partial charge in [-0.3, -0.25) is 4.79 Å². The number of aromatic nitrogens is 1. The average Bonchev–Trinajstić information content (AvgIpc) is 3.00. The van der Waals surface area contributed by atoms with Crippen LogP contribution in [0.25, 0.3) is 10.9 Å². The summed E-state index contributed by atoms with van der Waals surface area (Å²) in [6.07, 6.45) is 3.40. The van der Waals surface area contributed by atoms with Gasteiger partial charge in [0, 0.05) is 27.1 Å². The van der Waals surface area contributed by atoms with Crippen LogP contribution < -0.4 is 10.2 Å². The Kier molecular flexibility index (Phi) is 5.34. The average molecular weight is 411 g/mol. The smallest absolute Gasteiger partial charge is 0.275 e. The normalized spacial score (nSPS) is 10.8. The van der Waals surface area contributed by atoms with E-state index in [2.05, 4.69) is 32.5 Å². The zero-order valence-electron chi connectivity index (χ0n) is 13.9. The lowest BCUT2D eigenvalue weighted by molar-refractivity contribution is 0.0952. The Bertz CT molecular complexity index is 1030. The Hall–Kier alpha value is -3.11. The standard InChI is InChI=1S/C19H15BrN4O2/c1-26-18-7-6-14(20)10-16(18)19(25)23-22-11-13-12-24(9-8-21)17-5-3-2-4-15(13)17/h2-7,10-12H,9H2,1H3,(H,23,25). The summed E-state index contributed by atoms with van der Waals surface area (Å²) in [5.74, 6) is 0.0895. The van der Waals surface area contributed by atoms with E-state index in [0.29, 0.717) is 11.3 Å². The number of rotatable bonds is 5. The van der Waals surface area contributed by atoms with E-state index >= 15 is 0 Å². The largest absolute Gasteiger partial charge is 0.496 e. The van der Waals surface area contributed by atoms with Gasteiger partial charge >= 0.3 is 0 Å². The number of hydrogen-bond donors (Lipinski definition) is 1. The molecule has 0 aliphatic heterocycles. The maximum atomic E-state index is 12.4. The Balaban J connectivity index is 1.83. The molecule has 0 saturated carbocycles. The van der Waals surface area contributed by atoms with Crippen LogP contribution in [0, 0.1) is 11.3 Å². The highest BCUT2D eigenvalue weighted by Gasteiger charge is 2.12. The number of carbonyl (C=O) groups is 1. The number of nitriles is 1. The molecule has 3 rings (SSSR count). The van der Waals surface area contributed by atoms with E-state index in [-0.39, 0.29) is 12.5 Å². The quantitative estimate of drug-likeness (QED) is 0.514. The number of hydrogen-bond acceptors (Lipinski definition) is 4. The zero-order valence-corrected chi connectivity index (χ0v) is 15.5. The number of fused-ring (bicyclic) bond motifs is 1. The lowest BCUT2D eigenvalue weighted by Gasteiger charge is -2.07. The van der Waals surface area contributed by atoms with Crippen molar-refractivity contribution in [2.45, 2.75) is 6.54 Å². The molecule has 0 fully saturated rings. The Labute approximate surface area is 158 Å². The molecule has 0 saturated heterocycles. The highest BCUT2D eigenvalue weighted by atomic mass is 79.9. The molecular weight excluding hydrogens is 396 g/mol. The summed E-state index contributed by atoms with van der Waals surface area (Å²) >= 11 is 3.34. The molecule has 3 aromatic rings. The summed E-state index contributed by atoms with van der Waals surface area (Å²) in [5.41, 5.74) is 4.65. The highest BCUT2D eigenvalue weighted by molar-refractivity contribution is 9.10. The van der Waals surface area contributed by atoms with Gasteiger partial charge in [-0.2, -0.15) is 10.4 Å². The van der Waals surface area contributed by atoms with Crippen molar-refractivity contribution in [3.63, 3.8) is 0 Å². The first-order valence-corrected chi connectivity index (χ1v) is 8.55. The van der Waals surface area contributed by atoms with E-state index in [9.17, 15) is 4.79 Å². The molecule has 1 heterocycles. The fourth-order valence-corrected chi connectivity index (χ4v) is 3.02. The highest BCUT2D eigenvalue weighted by Crippen LogP contribution is 2.23. The van der Waals surface area contributed by atoms with Gasteiger partial charge in [0.2, 0.25) is 0 Å². The maximum Gasteiger partial charge on any atom is 0.275 e. The van der Waals surface area contributed by atoms with Gasteiger partial charge in [-0.1, -0.05) is 34.1 Å². The van der Waals surface area contributed by atoms with Gasteiger partial charge in [-0.25, -0.2) is 5.43 Å². The molecular formula is C19H15BrN4O2. The minimum Gasteiger partial charge on any atom is -0.496 e. The molecule has 0 radical (unpaired) electrons. The number of methoxy groups -OCH3 is 1. The molecule has 0 atom stereocenters. The maximum absolute atomic E-state index is 12.4. The first-order chi connectivity index (χ1) is 12.6. The number of nitrogens with zero attached hydrogens (tertiary/aromatic N) is 3. The van der Waals surface area contributed by atoms with Crippen molar-refractivity contribution in [2.24, 2.45) is 5.10 Å². The number of nitrogens with one attached hydrogen (secondary N) is 1. The topological polar surface area (TPSA) is 79.4 Å². The van der Waals surface area contributed by atoms with Crippen LogP contribution in [0.1, 0.15) is 15.9 Å². The summed E-state index contributed by atoms with van der Waals surface area (Å²) in [7, 11) is 1.51. The number of amides is 1. The van der Waals surface area contributed by atoms with Crippen LogP contribution in [-0.4, -0.2) is 23.8 Å². The Morgan fingerprint density at radius 3 is 2.96 bits per heavy atom. The third kappa shape index (κ3) is 3.60. The number of ether oxygens (including phenoxy) is 1. The van der Waals surface area contributed by atoms with Gasteiger partial charge in [0.15, 0.2) is 0 Å². The molecule has 130 valence electrons. The van der Waals surface area contributed by atoms with E-state index in [4.69, 9.17) is 10.00 Å². The number of hydrazone groups is 1. The van der Waals surface area contributed by atoms with E-state index in [1.54, 1.807) is 24.4 Å². The van der Waals surface area contributed by atoms with E-state index in [1.165, 1.54) is 7.11 Å². The van der Waals surface area contributed by atoms with Crippen molar-refractivity contribution >= 4 is 39.0 Å². The number of benzene rings is 2. The third-order valence-corrected chi connectivity index (χ3v) is 4.33. The molecule has 1 aromatic heterocycles.